The summed E-state index contributed by atoms with van der Waals surface area (Å²) in [5.41, 5.74) is -0.592. The maximum Gasteiger partial charge on any atom is 0.416 e. The number of halogens is 4. The molecule has 2 aromatic carbocycles. The molecule has 0 aliphatic carbocycles. The highest BCUT2D eigenvalue weighted by Crippen LogP contribution is 2.37. The van der Waals surface area contributed by atoms with E-state index in [0.29, 0.717) is 13.0 Å². The molecule has 0 radical (unpaired) electrons. The van der Waals surface area contributed by atoms with Crippen molar-refractivity contribution in [3.8, 4) is 0 Å². The fraction of sp³-hybridized carbons (Fsp3) is 0.158. The molecule has 0 atom stereocenters. The lowest BCUT2D eigenvalue weighted by Crippen LogP contribution is -2.11. The van der Waals surface area contributed by atoms with E-state index in [-0.39, 0.29) is 22.3 Å². The first kappa shape index (κ1) is 21.3. The van der Waals surface area contributed by atoms with Crippen LogP contribution in [-0.2, 0) is 12.6 Å². The van der Waals surface area contributed by atoms with Gasteiger partial charge in [0.25, 0.3) is 0 Å². The number of nitrogens with one attached hydrogen (secondary N) is 2. The van der Waals surface area contributed by atoms with E-state index in [1.165, 1.54) is 0 Å². The minimum absolute atomic E-state index is 0.0468. The first-order valence-electron chi connectivity index (χ1n) is 8.66. The van der Waals surface area contributed by atoms with Gasteiger partial charge in [-0.3, -0.25) is 10.1 Å². The van der Waals surface area contributed by atoms with Crippen molar-refractivity contribution in [2.24, 2.45) is 0 Å². The van der Waals surface area contributed by atoms with Crippen LogP contribution in [0, 0.1) is 10.1 Å². The number of rotatable bonds is 7. The third-order valence-corrected chi connectivity index (χ3v) is 4.43. The van der Waals surface area contributed by atoms with E-state index in [2.05, 4.69) is 20.6 Å². The van der Waals surface area contributed by atoms with Crippen LogP contribution in [0.25, 0.3) is 0 Å². The molecule has 11 heteroatoms. The number of benzene rings is 2. The van der Waals surface area contributed by atoms with E-state index in [1.54, 1.807) is 0 Å². The number of hydrogen-bond acceptors (Lipinski definition) is 6. The first-order chi connectivity index (χ1) is 14.3. The Balaban J connectivity index is 1.85. The number of alkyl halides is 3. The molecule has 0 saturated heterocycles. The Morgan fingerprint density at radius 3 is 2.43 bits per heavy atom. The van der Waals surface area contributed by atoms with Gasteiger partial charge in [0.15, 0.2) is 0 Å². The predicted octanol–water partition coefficient (Wildman–Crippen LogP) is 5.46. The van der Waals surface area contributed by atoms with Gasteiger partial charge in [-0.25, -0.2) is 9.97 Å². The molecule has 0 unspecified atom stereocenters. The summed E-state index contributed by atoms with van der Waals surface area (Å²) < 4.78 is 38.9. The van der Waals surface area contributed by atoms with Crippen LogP contribution in [-0.4, -0.2) is 21.4 Å². The average molecular weight is 438 g/mol. The summed E-state index contributed by atoms with van der Waals surface area (Å²) in [6.45, 7) is 0.353. The van der Waals surface area contributed by atoms with E-state index >= 15 is 0 Å². The lowest BCUT2D eigenvalue weighted by Gasteiger charge is -2.13. The highest BCUT2D eigenvalue weighted by atomic mass is 35.5. The molecule has 0 fully saturated rings. The number of nitro groups is 1. The lowest BCUT2D eigenvalue weighted by molar-refractivity contribution is -0.383. The average Bonchev–Trinajstić information content (AvgIpc) is 2.69. The van der Waals surface area contributed by atoms with Crippen molar-refractivity contribution < 1.29 is 18.1 Å². The fourth-order valence-corrected chi connectivity index (χ4v) is 2.83. The van der Waals surface area contributed by atoms with Gasteiger partial charge in [0.2, 0.25) is 11.6 Å². The summed E-state index contributed by atoms with van der Waals surface area (Å²) >= 11 is 5.96. The molecule has 1 aromatic heterocycles. The van der Waals surface area contributed by atoms with Crippen LogP contribution >= 0.6 is 11.6 Å². The predicted molar refractivity (Wildman–Crippen MR) is 107 cm³/mol. The summed E-state index contributed by atoms with van der Waals surface area (Å²) in [7, 11) is 0. The minimum atomic E-state index is -4.59. The summed E-state index contributed by atoms with van der Waals surface area (Å²) in [4.78, 5) is 18.6. The third-order valence-electron chi connectivity index (χ3n) is 4.10. The Morgan fingerprint density at radius 1 is 1.07 bits per heavy atom. The molecular formula is C19H15ClF3N5O2. The van der Waals surface area contributed by atoms with Crippen LogP contribution in [0.5, 0.6) is 0 Å². The SMILES string of the molecule is O=[N+]([O-])c1c(NCCc2ccccc2)ncnc1Nc1cc(C(F)(F)F)ccc1Cl. The number of anilines is 3. The normalized spacial score (nSPS) is 11.2. The quantitative estimate of drug-likeness (QED) is 0.377. The molecule has 30 heavy (non-hydrogen) atoms. The molecule has 0 bridgehead atoms. The van der Waals surface area contributed by atoms with E-state index in [0.717, 1.165) is 30.1 Å². The molecule has 0 spiro atoms. The maximum absolute atomic E-state index is 13.0. The minimum Gasteiger partial charge on any atom is -0.364 e. The molecule has 3 rings (SSSR count). The second-order valence-electron chi connectivity index (χ2n) is 6.16. The topological polar surface area (TPSA) is 93.0 Å². The second-order valence-corrected chi connectivity index (χ2v) is 6.56. The van der Waals surface area contributed by atoms with Crippen LogP contribution in [0.3, 0.4) is 0 Å². The van der Waals surface area contributed by atoms with Crippen molar-refractivity contribution in [3.63, 3.8) is 0 Å². The molecular weight excluding hydrogens is 423 g/mol. The van der Waals surface area contributed by atoms with Crippen LogP contribution in [0.15, 0.2) is 54.9 Å². The smallest absolute Gasteiger partial charge is 0.364 e. The Hall–Kier alpha value is -3.40. The van der Waals surface area contributed by atoms with Gasteiger partial charge in [0.05, 0.1) is 21.2 Å². The van der Waals surface area contributed by atoms with Crippen LogP contribution < -0.4 is 10.6 Å². The number of aromatic nitrogens is 2. The second kappa shape index (κ2) is 8.95. The van der Waals surface area contributed by atoms with Crippen LogP contribution in [0.1, 0.15) is 11.1 Å². The molecule has 0 saturated carbocycles. The summed E-state index contributed by atoms with van der Waals surface area (Å²) in [5, 5.41) is 17.0. The van der Waals surface area contributed by atoms with E-state index in [9.17, 15) is 23.3 Å². The van der Waals surface area contributed by atoms with Gasteiger partial charge < -0.3 is 10.6 Å². The maximum atomic E-state index is 13.0. The van der Waals surface area contributed by atoms with E-state index < -0.39 is 22.4 Å². The van der Waals surface area contributed by atoms with Gasteiger partial charge in [-0.15, -0.1) is 0 Å². The van der Waals surface area contributed by atoms with Gasteiger partial charge in [0.1, 0.15) is 6.33 Å². The number of hydrogen-bond donors (Lipinski definition) is 2. The van der Waals surface area contributed by atoms with Gasteiger partial charge >= 0.3 is 11.9 Å². The monoisotopic (exact) mass is 437 g/mol. The first-order valence-corrected chi connectivity index (χ1v) is 9.04. The molecule has 0 aliphatic heterocycles. The zero-order valence-electron chi connectivity index (χ0n) is 15.3. The van der Waals surface area contributed by atoms with Crippen molar-refractivity contribution in [1.29, 1.82) is 0 Å². The standard InChI is InChI=1S/C19H15ClF3N5O2/c20-14-7-6-13(19(21,22)23)10-15(14)27-18-16(28(29)30)17(25-11-26-18)24-9-8-12-4-2-1-3-5-12/h1-7,10-11H,8-9H2,(H2,24,25,26,27). The van der Waals surface area contributed by atoms with Gasteiger partial charge in [-0.05, 0) is 30.2 Å². The van der Waals surface area contributed by atoms with Crippen molar-refractivity contribution in [3.05, 3.63) is 81.1 Å². The summed E-state index contributed by atoms with van der Waals surface area (Å²) in [6, 6.07) is 12.1. The Kier molecular flexibility index (Phi) is 6.36. The van der Waals surface area contributed by atoms with Crippen molar-refractivity contribution in [1.82, 2.24) is 9.97 Å². The Labute approximate surface area is 174 Å². The van der Waals surface area contributed by atoms with Crippen molar-refractivity contribution >= 4 is 34.6 Å². The summed E-state index contributed by atoms with van der Waals surface area (Å²) in [6.07, 6.45) is -2.94. The summed E-state index contributed by atoms with van der Waals surface area (Å²) in [5.74, 6) is -0.338. The lowest BCUT2D eigenvalue weighted by atomic mass is 10.1. The number of nitrogens with zero attached hydrogens (tertiary/aromatic N) is 3. The molecule has 0 aliphatic rings. The third kappa shape index (κ3) is 5.15. The molecule has 1 heterocycles. The van der Waals surface area contributed by atoms with Crippen LogP contribution in [0.4, 0.5) is 36.2 Å². The van der Waals surface area contributed by atoms with E-state index in [1.807, 2.05) is 30.3 Å². The largest absolute Gasteiger partial charge is 0.416 e. The van der Waals surface area contributed by atoms with Crippen molar-refractivity contribution in [2.75, 3.05) is 17.2 Å². The molecule has 0 amide bonds. The van der Waals surface area contributed by atoms with Gasteiger partial charge in [0, 0.05) is 6.54 Å². The fourth-order valence-electron chi connectivity index (χ4n) is 2.67. The zero-order valence-corrected chi connectivity index (χ0v) is 16.0. The molecule has 156 valence electrons. The van der Waals surface area contributed by atoms with Crippen molar-refractivity contribution in [2.45, 2.75) is 12.6 Å². The zero-order chi connectivity index (χ0) is 21.7. The highest BCUT2D eigenvalue weighted by Gasteiger charge is 2.31. The van der Waals surface area contributed by atoms with Gasteiger partial charge in [-0.1, -0.05) is 41.9 Å². The highest BCUT2D eigenvalue weighted by molar-refractivity contribution is 6.33. The van der Waals surface area contributed by atoms with E-state index in [4.69, 9.17) is 11.6 Å². The Morgan fingerprint density at radius 2 is 1.77 bits per heavy atom. The molecule has 7 nitrogen and oxygen atoms in total. The van der Waals surface area contributed by atoms with Crippen LogP contribution in [0.2, 0.25) is 5.02 Å². The van der Waals surface area contributed by atoms with Gasteiger partial charge in [-0.2, -0.15) is 13.2 Å². The molecule has 3 aromatic rings. The molecule has 2 N–H and O–H groups in total. The Bertz CT molecular complexity index is 1050.